The first-order valence-electron chi connectivity index (χ1n) is 7.47. The summed E-state index contributed by atoms with van der Waals surface area (Å²) in [5.41, 5.74) is 7.96. The molecule has 0 bridgehead atoms. The standard InChI is InChI=1S/C15H24N4O/c1-3-14-13(7-10(2)18-19-14)15(20)17-9-12-6-4-5-11(12)8-16/h7,11-12H,3-6,8-9,16H2,1-2H3,(H,17,20). The van der Waals surface area contributed by atoms with Crippen LogP contribution in [0.3, 0.4) is 0 Å². The summed E-state index contributed by atoms with van der Waals surface area (Å²) in [6.45, 7) is 5.27. The topological polar surface area (TPSA) is 80.9 Å². The fraction of sp³-hybridized carbons (Fsp3) is 0.667. The molecule has 0 aliphatic heterocycles. The zero-order valence-electron chi connectivity index (χ0n) is 12.4. The predicted octanol–water partition coefficient (Wildman–Crippen LogP) is 1.45. The second-order valence-corrected chi connectivity index (χ2v) is 5.60. The first-order chi connectivity index (χ1) is 9.65. The molecule has 0 aromatic carbocycles. The molecule has 2 rings (SSSR count). The van der Waals surface area contributed by atoms with Gasteiger partial charge in [-0.3, -0.25) is 4.79 Å². The Labute approximate surface area is 120 Å². The van der Waals surface area contributed by atoms with Crippen molar-refractivity contribution in [1.82, 2.24) is 15.5 Å². The van der Waals surface area contributed by atoms with Gasteiger partial charge >= 0.3 is 0 Å². The van der Waals surface area contributed by atoms with E-state index in [9.17, 15) is 4.79 Å². The Morgan fingerprint density at radius 1 is 1.40 bits per heavy atom. The van der Waals surface area contributed by atoms with E-state index in [-0.39, 0.29) is 5.91 Å². The first-order valence-corrected chi connectivity index (χ1v) is 7.47. The summed E-state index contributed by atoms with van der Waals surface area (Å²) in [6, 6.07) is 1.82. The van der Waals surface area contributed by atoms with Crippen LogP contribution in [0.2, 0.25) is 0 Å². The summed E-state index contributed by atoms with van der Waals surface area (Å²) in [5.74, 6) is 1.03. The van der Waals surface area contributed by atoms with E-state index in [1.54, 1.807) is 0 Å². The summed E-state index contributed by atoms with van der Waals surface area (Å²) in [5, 5.41) is 11.2. The maximum Gasteiger partial charge on any atom is 0.253 e. The highest BCUT2D eigenvalue weighted by atomic mass is 16.1. The van der Waals surface area contributed by atoms with Crippen LogP contribution < -0.4 is 11.1 Å². The first kappa shape index (κ1) is 14.9. The van der Waals surface area contributed by atoms with Gasteiger partial charge in [0.1, 0.15) is 0 Å². The summed E-state index contributed by atoms with van der Waals surface area (Å²) in [7, 11) is 0. The molecule has 5 heteroatoms. The number of aryl methyl sites for hydroxylation is 2. The molecule has 20 heavy (non-hydrogen) atoms. The van der Waals surface area contributed by atoms with E-state index < -0.39 is 0 Å². The van der Waals surface area contributed by atoms with Crippen LogP contribution >= 0.6 is 0 Å². The van der Waals surface area contributed by atoms with Crippen molar-refractivity contribution < 1.29 is 4.79 Å². The van der Waals surface area contributed by atoms with Crippen molar-refractivity contribution in [3.8, 4) is 0 Å². The number of nitrogens with zero attached hydrogens (tertiary/aromatic N) is 2. The number of carbonyl (C=O) groups excluding carboxylic acids is 1. The fourth-order valence-corrected chi connectivity index (χ4v) is 2.98. The van der Waals surface area contributed by atoms with E-state index in [1.807, 2.05) is 19.9 Å². The van der Waals surface area contributed by atoms with Gasteiger partial charge in [0.05, 0.1) is 17.0 Å². The lowest BCUT2D eigenvalue weighted by Gasteiger charge is -2.18. The van der Waals surface area contributed by atoms with E-state index in [0.717, 1.165) is 24.4 Å². The maximum absolute atomic E-state index is 12.3. The predicted molar refractivity (Wildman–Crippen MR) is 78.4 cm³/mol. The fourth-order valence-electron chi connectivity index (χ4n) is 2.98. The Morgan fingerprint density at radius 2 is 2.15 bits per heavy atom. The maximum atomic E-state index is 12.3. The van der Waals surface area contributed by atoms with Gasteiger partial charge in [0.15, 0.2) is 0 Å². The largest absolute Gasteiger partial charge is 0.352 e. The average Bonchev–Trinajstić information content (AvgIpc) is 2.92. The molecule has 1 aliphatic rings. The third kappa shape index (κ3) is 3.33. The zero-order valence-corrected chi connectivity index (χ0v) is 12.4. The molecule has 1 aliphatic carbocycles. The molecule has 110 valence electrons. The van der Waals surface area contributed by atoms with Gasteiger partial charge in [0.2, 0.25) is 0 Å². The van der Waals surface area contributed by atoms with Crippen LogP contribution in [0, 0.1) is 18.8 Å². The van der Waals surface area contributed by atoms with Crippen LogP contribution in [-0.2, 0) is 6.42 Å². The Hall–Kier alpha value is -1.49. The number of rotatable bonds is 5. The van der Waals surface area contributed by atoms with Gasteiger partial charge in [-0.2, -0.15) is 10.2 Å². The third-order valence-corrected chi connectivity index (χ3v) is 4.22. The molecule has 5 nitrogen and oxygen atoms in total. The normalized spacial score (nSPS) is 21.9. The molecule has 0 spiro atoms. The lowest BCUT2D eigenvalue weighted by atomic mass is 9.96. The molecule has 1 amide bonds. The molecular weight excluding hydrogens is 252 g/mol. The van der Waals surface area contributed by atoms with Gasteiger partial charge in [-0.05, 0) is 50.6 Å². The molecule has 1 saturated carbocycles. The summed E-state index contributed by atoms with van der Waals surface area (Å²) in [6.07, 6.45) is 4.28. The Bertz CT molecular complexity index is 475. The molecule has 2 unspecified atom stereocenters. The zero-order chi connectivity index (χ0) is 14.5. The Morgan fingerprint density at radius 3 is 2.85 bits per heavy atom. The minimum Gasteiger partial charge on any atom is -0.352 e. The van der Waals surface area contributed by atoms with Gasteiger partial charge in [-0.1, -0.05) is 13.3 Å². The summed E-state index contributed by atoms with van der Waals surface area (Å²) in [4.78, 5) is 12.3. The van der Waals surface area contributed by atoms with Gasteiger partial charge in [-0.25, -0.2) is 0 Å². The molecule has 0 radical (unpaired) electrons. The van der Waals surface area contributed by atoms with E-state index in [4.69, 9.17) is 5.73 Å². The molecule has 3 N–H and O–H groups in total. The molecule has 0 saturated heterocycles. The van der Waals surface area contributed by atoms with Crippen molar-refractivity contribution in [1.29, 1.82) is 0 Å². The highest BCUT2D eigenvalue weighted by molar-refractivity contribution is 5.95. The summed E-state index contributed by atoms with van der Waals surface area (Å²) < 4.78 is 0. The van der Waals surface area contributed by atoms with Crippen LogP contribution in [0.15, 0.2) is 6.07 Å². The molecule has 1 fully saturated rings. The van der Waals surface area contributed by atoms with Gasteiger partial charge in [0, 0.05) is 6.54 Å². The van der Waals surface area contributed by atoms with E-state index >= 15 is 0 Å². The minimum absolute atomic E-state index is 0.0393. The van der Waals surface area contributed by atoms with Crippen molar-refractivity contribution in [3.05, 3.63) is 23.0 Å². The van der Waals surface area contributed by atoms with Crippen molar-refractivity contribution in [2.24, 2.45) is 17.6 Å². The van der Waals surface area contributed by atoms with Crippen LogP contribution in [0.4, 0.5) is 0 Å². The van der Waals surface area contributed by atoms with Crippen molar-refractivity contribution >= 4 is 5.91 Å². The number of hydrogen-bond donors (Lipinski definition) is 2. The Balaban J connectivity index is 2.00. The smallest absolute Gasteiger partial charge is 0.253 e. The van der Waals surface area contributed by atoms with Gasteiger partial charge < -0.3 is 11.1 Å². The number of amides is 1. The van der Waals surface area contributed by atoms with Crippen LogP contribution in [-0.4, -0.2) is 29.2 Å². The lowest BCUT2D eigenvalue weighted by Crippen LogP contribution is -2.33. The van der Waals surface area contributed by atoms with E-state index in [1.165, 1.54) is 12.8 Å². The van der Waals surface area contributed by atoms with Crippen molar-refractivity contribution in [3.63, 3.8) is 0 Å². The van der Waals surface area contributed by atoms with Gasteiger partial charge in [-0.15, -0.1) is 0 Å². The summed E-state index contributed by atoms with van der Waals surface area (Å²) >= 11 is 0. The average molecular weight is 276 g/mol. The second kappa shape index (κ2) is 6.79. The molecule has 1 heterocycles. The Kier molecular flexibility index (Phi) is 5.06. The number of nitrogens with two attached hydrogens (primary N) is 1. The minimum atomic E-state index is -0.0393. The van der Waals surface area contributed by atoms with E-state index in [2.05, 4.69) is 15.5 Å². The lowest BCUT2D eigenvalue weighted by molar-refractivity contribution is 0.0942. The molecule has 1 aromatic rings. The monoisotopic (exact) mass is 276 g/mol. The number of nitrogens with one attached hydrogen (secondary N) is 1. The highest BCUT2D eigenvalue weighted by Crippen LogP contribution is 2.30. The van der Waals surface area contributed by atoms with E-state index in [0.29, 0.717) is 30.4 Å². The highest BCUT2D eigenvalue weighted by Gasteiger charge is 2.26. The number of aromatic nitrogens is 2. The van der Waals surface area contributed by atoms with Crippen molar-refractivity contribution in [2.45, 2.75) is 39.5 Å². The number of hydrogen-bond acceptors (Lipinski definition) is 4. The molecule has 2 atom stereocenters. The van der Waals surface area contributed by atoms with Crippen LogP contribution in [0.5, 0.6) is 0 Å². The number of carbonyl (C=O) groups is 1. The third-order valence-electron chi connectivity index (χ3n) is 4.22. The van der Waals surface area contributed by atoms with Crippen LogP contribution in [0.25, 0.3) is 0 Å². The van der Waals surface area contributed by atoms with Crippen molar-refractivity contribution in [2.75, 3.05) is 13.1 Å². The quantitative estimate of drug-likeness (QED) is 0.853. The van der Waals surface area contributed by atoms with Crippen LogP contribution in [0.1, 0.15) is 47.9 Å². The second-order valence-electron chi connectivity index (χ2n) is 5.60. The molecule has 1 aromatic heterocycles. The van der Waals surface area contributed by atoms with Gasteiger partial charge in [0.25, 0.3) is 5.91 Å². The molecular formula is C15H24N4O. The SMILES string of the molecule is CCc1nnc(C)cc1C(=O)NCC1CCCC1CN.